The molecule has 2 aromatic rings. The van der Waals surface area contributed by atoms with Gasteiger partial charge in [-0.2, -0.15) is 5.10 Å². The molecule has 1 saturated carbocycles. The predicted octanol–water partition coefficient (Wildman–Crippen LogP) is 2.45. The van der Waals surface area contributed by atoms with Gasteiger partial charge in [0.25, 0.3) is 5.56 Å². The largest absolute Gasteiger partial charge is 0.381 e. The summed E-state index contributed by atoms with van der Waals surface area (Å²) in [5, 5.41) is 5.08. The maximum Gasteiger partial charge on any atom is 0.262 e. The Morgan fingerprint density at radius 3 is 2.96 bits per heavy atom. The number of aromatic nitrogens is 4. The summed E-state index contributed by atoms with van der Waals surface area (Å²) in [6.07, 6.45) is 8.55. The third-order valence-corrected chi connectivity index (χ3v) is 5.38. The summed E-state index contributed by atoms with van der Waals surface area (Å²) in [7, 11) is 0. The van der Waals surface area contributed by atoms with Crippen LogP contribution in [0.25, 0.3) is 11.0 Å². The minimum Gasteiger partial charge on any atom is -0.381 e. The highest BCUT2D eigenvalue weighted by Gasteiger charge is 2.27. The normalized spacial score (nSPS) is 26.1. The molecule has 0 radical (unpaired) electrons. The Morgan fingerprint density at radius 2 is 2.17 bits per heavy atom. The van der Waals surface area contributed by atoms with Crippen molar-refractivity contribution in [2.24, 2.45) is 11.8 Å². The van der Waals surface area contributed by atoms with E-state index in [0.29, 0.717) is 17.2 Å². The van der Waals surface area contributed by atoms with E-state index in [0.717, 1.165) is 37.5 Å². The Labute approximate surface area is 135 Å². The fourth-order valence-electron chi connectivity index (χ4n) is 4.04. The molecule has 1 aliphatic heterocycles. The average molecular weight is 316 g/mol. The minimum absolute atomic E-state index is 0.0611. The Morgan fingerprint density at radius 1 is 1.35 bits per heavy atom. The van der Waals surface area contributed by atoms with Crippen LogP contribution in [0.15, 0.2) is 11.0 Å². The SMILES string of the molecule is C[C@@H]1COCC[C@H]1n1ncc2c(=O)[nH]c(CC3CCCC3)nc21. The molecular weight excluding hydrogens is 292 g/mol. The van der Waals surface area contributed by atoms with Gasteiger partial charge in [0.15, 0.2) is 5.65 Å². The zero-order valence-electron chi connectivity index (χ0n) is 13.6. The molecule has 2 atom stereocenters. The number of ether oxygens (including phenoxy) is 1. The van der Waals surface area contributed by atoms with E-state index in [-0.39, 0.29) is 11.6 Å². The van der Waals surface area contributed by atoms with Gasteiger partial charge in [-0.15, -0.1) is 0 Å². The summed E-state index contributed by atoms with van der Waals surface area (Å²) in [5.74, 6) is 1.86. The van der Waals surface area contributed by atoms with Crippen molar-refractivity contribution < 1.29 is 4.74 Å². The molecule has 0 spiro atoms. The first-order chi connectivity index (χ1) is 11.2. The number of nitrogens with zero attached hydrogens (tertiary/aromatic N) is 3. The van der Waals surface area contributed by atoms with E-state index >= 15 is 0 Å². The lowest BCUT2D eigenvalue weighted by Gasteiger charge is -2.29. The van der Waals surface area contributed by atoms with Gasteiger partial charge in [0.2, 0.25) is 0 Å². The van der Waals surface area contributed by atoms with Gasteiger partial charge < -0.3 is 9.72 Å². The molecule has 23 heavy (non-hydrogen) atoms. The summed E-state index contributed by atoms with van der Waals surface area (Å²) in [5.41, 5.74) is 0.675. The van der Waals surface area contributed by atoms with Crippen molar-refractivity contribution in [3.63, 3.8) is 0 Å². The molecule has 0 bridgehead atoms. The monoisotopic (exact) mass is 316 g/mol. The van der Waals surface area contributed by atoms with Gasteiger partial charge in [0, 0.05) is 18.9 Å². The zero-order chi connectivity index (χ0) is 15.8. The quantitative estimate of drug-likeness (QED) is 0.944. The second-order valence-corrected chi connectivity index (χ2v) is 7.10. The lowest BCUT2D eigenvalue weighted by Crippen LogP contribution is -2.29. The van der Waals surface area contributed by atoms with Crippen LogP contribution in [0.3, 0.4) is 0 Å². The molecule has 4 rings (SSSR count). The number of fused-ring (bicyclic) bond motifs is 1. The lowest BCUT2D eigenvalue weighted by atomic mass is 9.98. The molecule has 1 N–H and O–H groups in total. The van der Waals surface area contributed by atoms with Crippen LogP contribution in [0.1, 0.15) is 50.9 Å². The summed E-state index contributed by atoms with van der Waals surface area (Å²) in [4.78, 5) is 20.1. The van der Waals surface area contributed by atoms with Gasteiger partial charge in [0.1, 0.15) is 11.2 Å². The zero-order valence-corrected chi connectivity index (χ0v) is 13.6. The van der Waals surface area contributed by atoms with E-state index in [1.165, 1.54) is 25.7 Å². The maximum atomic E-state index is 12.4. The van der Waals surface area contributed by atoms with Crippen molar-refractivity contribution >= 4 is 11.0 Å². The molecule has 6 nitrogen and oxygen atoms in total. The van der Waals surface area contributed by atoms with E-state index in [9.17, 15) is 4.79 Å². The molecule has 0 aromatic carbocycles. The minimum atomic E-state index is -0.0611. The molecule has 124 valence electrons. The number of H-pyrrole nitrogens is 1. The van der Waals surface area contributed by atoms with Crippen LogP contribution in [0.4, 0.5) is 0 Å². The average Bonchev–Trinajstić information content (AvgIpc) is 3.18. The van der Waals surface area contributed by atoms with Crippen molar-refractivity contribution in [3.8, 4) is 0 Å². The van der Waals surface area contributed by atoms with Gasteiger partial charge in [-0.25, -0.2) is 9.67 Å². The fourth-order valence-corrected chi connectivity index (χ4v) is 4.04. The second kappa shape index (κ2) is 6.07. The Kier molecular flexibility index (Phi) is 3.93. The lowest BCUT2D eigenvalue weighted by molar-refractivity contribution is 0.0262. The first-order valence-corrected chi connectivity index (χ1v) is 8.76. The van der Waals surface area contributed by atoms with Crippen LogP contribution in [0.2, 0.25) is 0 Å². The molecule has 6 heteroatoms. The Hall–Kier alpha value is -1.69. The third kappa shape index (κ3) is 2.80. The summed E-state index contributed by atoms with van der Waals surface area (Å²) >= 11 is 0. The Balaban J connectivity index is 1.71. The standard InChI is InChI=1S/C17H24N4O2/c1-11-10-23-7-6-14(11)21-16-13(9-18-21)17(22)20-15(19-16)8-12-4-2-3-5-12/h9,11-12,14H,2-8,10H2,1H3,(H,19,20,22)/t11-,14-/m1/s1. The predicted molar refractivity (Wildman–Crippen MR) is 87.4 cm³/mol. The van der Waals surface area contributed by atoms with Crippen LogP contribution < -0.4 is 5.56 Å². The van der Waals surface area contributed by atoms with Crippen molar-refractivity contribution in [3.05, 3.63) is 22.4 Å². The number of hydrogen-bond acceptors (Lipinski definition) is 4. The van der Waals surface area contributed by atoms with E-state index < -0.39 is 0 Å². The van der Waals surface area contributed by atoms with E-state index in [1.807, 2.05) is 4.68 Å². The van der Waals surface area contributed by atoms with Gasteiger partial charge in [-0.3, -0.25) is 4.79 Å². The molecule has 3 heterocycles. The second-order valence-electron chi connectivity index (χ2n) is 7.10. The highest BCUT2D eigenvalue weighted by molar-refractivity contribution is 5.73. The smallest absolute Gasteiger partial charge is 0.262 e. The molecule has 2 fully saturated rings. The van der Waals surface area contributed by atoms with E-state index in [1.54, 1.807) is 6.20 Å². The molecule has 2 aromatic heterocycles. The molecule has 2 aliphatic rings. The van der Waals surface area contributed by atoms with Gasteiger partial charge >= 0.3 is 0 Å². The topological polar surface area (TPSA) is 72.8 Å². The number of hydrogen-bond donors (Lipinski definition) is 1. The van der Waals surface area contributed by atoms with Crippen molar-refractivity contribution in [2.45, 2.75) is 51.5 Å². The molecule has 0 amide bonds. The number of aromatic amines is 1. The van der Waals surface area contributed by atoms with Gasteiger partial charge in [-0.1, -0.05) is 32.6 Å². The Bertz CT molecular complexity index is 745. The van der Waals surface area contributed by atoms with Crippen molar-refractivity contribution in [2.75, 3.05) is 13.2 Å². The van der Waals surface area contributed by atoms with Crippen LogP contribution in [0, 0.1) is 11.8 Å². The van der Waals surface area contributed by atoms with Crippen LogP contribution in [-0.2, 0) is 11.2 Å². The van der Waals surface area contributed by atoms with Crippen LogP contribution in [0.5, 0.6) is 0 Å². The van der Waals surface area contributed by atoms with E-state index in [2.05, 4.69) is 17.0 Å². The maximum absolute atomic E-state index is 12.4. The highest BCUT2D eigenvalue weighted by atomic mass is 16.5. The number of nitrogens with one attached hydrogen (secondary N) is 1. The summed E-state index contributed by atoms with van der Waals surface area (Å²) < 4.78 is 7.48. The van der Waals surface area contributed by atoms with Gasteiger partial charge in [-0.05, 0) is 12.3 Å². The summed E-state index contributed by atoms with van der Waals surface area (Å²) in [6, 6.07) is 0.259. The third-order valence-electron chi connectivity index (χ3n) is 5.38. The first kappa shape index (κ1) is 14.9. The van der Waals surface area contributed by atoms with Crippen molar-refractivity contribution in [1.82, 2.24) is 19.7 Å². The van der Waals surface area contributed by atoms with Crippen LogP contribution >= 0.6 is 0 Å². The van der Waals surface area contributed by atoms with Crippen LogP contribution in [-0.4, -0.2) is 33.0 Å². The first-order valence-electron chi connectivity index (χ1n) is 8.76. The molecule has 1 aliphatic carbocycles. The molecule has 0 unspecified atom stereocenters. The molecule has 1 saturated heterocycles. The fraction of sp³-hybridized carbons (Fsp3) is 0.706. The number of rotatable bonds is 3. The summed E-state index contributed by atoms with van der Waals surface area (Å²) in [6.45, 7) is 3.66. The van der Waals surface area contributed by atoms with E-state index in [4.69, 9.17) is 9.72 Å². The molecular formula is C17H24N4O2. The van der Waals surface area contributed by atoms with Crippen molar-refractivity contribution in [1.29, 1.82) is 0 Å². The van der Waals surface area contributed by atoms with Gasteiger partial charge in [0.05, 0.1) is 18.8 Å². The highest BCUT2D eigenvalue weighted by Crippen LogP contribution is 2.29.